The molecular formula is C11H12FN3O. The molecule has 1 unspecified atom stereocenters. The van der Waals surface area contributed by atoms with Crippen molar-refractivity contribution in [1.29, 1.82) is 0 Å². The Morgan fingerprint density at radius 3 is 3.19 bits per heavy atom. The monoisotopic (exact) mass is 221 g/mol. The Hall–Kier alpha value is -1.62. The number of H-pyrrole nitrogens is 1. The lowest BCUT2D eigenvalue weighted by molar-refractivity contribution is 0.207. The average molecular weight is 221 g/mol. The molecule has 1 atom stereocenters. The number of ether oxygens (including phenoxy) is 1. The van der Waals surface area contributed by atoms with Crippen LogP contribution in [0.3, 0.4) is 0 Å². The highest BCUT2D eigenvalue weighted by Gasteiger charge is 2.17. The highest BCUT2D eigenvalue weighted by Crippen LogP contribution is 2.18. The lowest BCUT2D eigenvalue weighted by atomic mass is 10.3. The first-order chi connectivity index (χ1) is 7.81. The van der Waals surface area contributed by atoms with Crippen LogP contribution in [0, 0.1) is 5.82 Å². The van der Waals surface area contributed by atoms with Crippen LogP contribution in [0.1, 0.15) is 6.42 Å². The van der Waals surface area contributed by atoms with E-state index in [9.17, 15) is 4.39 Å². The van der Waals surface area contributed by atoms with Crippen LogP contribution in [0.2, 0.25) is 0 Å². The standard InChI is InChI=1S/C11H12FN3O/c12-7-1-2-9-10(5-7)15-11(14-9)16-8-3-4-13-6-8/h1-2,5,8,13H,3-4,6H2,(H,14,15). The van der Waals surface area contributed by atoms with Crippen LogP contribution >= 0.6 is 0 Å². The van der Waals surface area contributed by atoms with Gasteiger partial charge < -0.3 is 15.0 Å². The molecule has 0 spiro atoms. The van der Waals surface area contributed by atoms with E-state index >= 15 is 0 Å². The zero-order chi connectivity index (χ0) is 11.0. The molecule has 1 fully saturated rings. The summed E-state index contributed by atoms with van der Waals surface area (Å²) in [6.45, 7) is 1.81. The van der Waals surface area contributed by atoms with Gasteiger partial charge in [-0.3, -0.25) is 0 Å². The van der Waals surface area contributed by atoms with Crippen molar-refractivity contribution >= 4 is 11.0 Å². The highest BCUT2D eigenvalue weighted by atomic mass is 19.1. The lowest BCUT2D eigenvalue weighted by Gasteiger charge is -2.07. The third-order valence-corrected chi connectivity index (χ3v) is 2.72. The molecule has 1 aromatic heterocycles. The summed E-state index contributed by atoms with van der Waals surface area (Å²) in [7, 11) is 0. The van der Waals surface area contributed by atoms with Crippen molar-refractivity contribution in [2.75, 3.05) is 13.1 Å². The molecule has 0 bridgehead atoms. The minimum Gasteiger partial charge on any atom is -0.460 e. The molecule has 1 aliphatic rings. The first-order valence-electron chi connectivity index (χ1n) is 5.34. The molecule has 0 aliphatic carbocycles. The fourth-order valence-corrected chi connectivity index (χ4v) is 1.90. The van der Waals surface area contributed by atoms with Crippen molar-refractivity contribution in [2.45, 2.75) is 12.5 Å². The maximum absolute atomic E-state index is 13.0. The number of hydrogen-bond donors (Lipinski definition) is 2. The van der Waals surface area contributed by atoms with E-state index in [0.717, 1.165) is 25.0 Å². The van der Waals surface area contributed by atoms with Gasteiger partial charge >= 0.3 is 0 Å². The highest BCUT2D eigenvalue weighted by molar-refractivity contribution is 5.75. The summed E-state index contributed by atoms with van der Waals surface area (Å²) in [4.78, 5) is 7.21. The molecule has 5 heteroatoms. The van der Waals surface area contributed by atoms with Crippen molar-refractivity contribution < 1.29 is 9.13 Å². The van der Waals surface area contributed by atoms with E-state index in [0.29, 0.717) is 11.5 Å². The molecule has 1 saturated heterocycles. The molecule has 1 aromatic carbocycles. The summed E-state index contributed by atoms with van der Waals surface area (Å²) < 4.78 is 18.6. The Kier molecular flexibility index (Phi) is 2.25. The first-order valence-corrected chi connectivity index (χ1v) is 5.34. The Labute approximate surface area is 91.8 Å². The van der Waals surface area contributed by atoms with Crippen molar-refractivity contribution in [2.24, 2.45) is 0 Å². The van der Waals surface area contributed by atoms with Crippen LogP contribution in [0.15, 0.2) is 18.2 Å². The Morgan fingerprint density at radius 2 is 2.38 bits per heavy atom. The summed E-state index contributed by atoms with van der Waals surface area (Å²) in [5.74, 6) is -0.273. The second kappa shape index (κ2) is 3.75. The molecule has 2 heterocycles. The van der Waals surface area contributed by atoms with Crippen LogP contribution in [0.25, 0.3) is 11.0 Å². The number of hydrogen-bond acceptors (Lipinski definition) is 3. The largest absolute Gasteiger partial charge is 0.460 e. The lowest BCUT2D eigenvalue weighted by Crippen LogP contribution is -2.20. The average Bonchev–Trinajstić information content (AvgIpc) is 2.86. The van der Waals surface area contributed by atoms with Gasteiger partial charge in [0.25, 0.3) is 6.01 Å². The maximum atomic E-state index is 13.0. The quantitative estimate of drug-likeness (QED) is 0.806. The van der Waals surface area contributed by atoms with Crippen LogP contribution in [-0.2, 0) is 0 Å². The zero-order valence-corrected chi connectivity index (χ0v) is 8.66. The number of aromatic amines is 1. The van der Waals surface area contributed by atoms with Gasteiger partial charge in [-0.05, 0) is 31.2 Å². The van der Waals surface area contributed by atoms with Gasteiger partial charge in [-0.15, -0.1) is 0 Å². The van der Waals surface area contributed by atoms with E-state index < -0.39 is 0 Å². The molecule has 0 saturated carbocycles. The van der Waals surface area contributed by atoms with Gasteiger partial charge in [-0.1, -0.05) is 0 Å². The third-order valence-electron chi connectivity index (χ3n) is 2.72. The van der Waals surface area contributed by atoms with E-state index in [-0.39, 0.29) is 11.9 Å². The normalized spacial score (nSPS) is 20.4. The smallest absolute Gasteiger partial charge is 0.294 e. The maximum Gasteiger partial charge on any atom is 0.294 e. The number of nitrogens with one attached hydrogen (secondary N) is 2. The summed E-state index contributed by atoms with van der Waals surface area (Å²) in [5.41, 5.74) is 1.39. The number of halogens is 1. The van der Waals surface area contributed by atoms with Gasteiger partial charge in [0, 0.05) is 6.54 Å². The Bertz CT molecular complexity index is 505. The van der Waals surface area contributed by atoms with Crippen LogP contribution in [0.4, 0.5) is 4.39 Å². The van der Waals surface area contributed by atoms with E-state index in [4.69, 9.17) is 4.74 Å². The third kappa shape index (κ3) is 1.74. The van der Waals surface area contributed by atoms with Gasteiger partial charge in [-0.25, -0.2) is 4.39 Å². The summed E-state index contributed by atoms with van der Waals surface area (Å²) in [6, 6.07) is 4.92. The van der Waals surface area contributed by atoms with Crippen molar-refractivity contribution in [3.05, 3.63) is 24.0 Å². The molecule has 1 aliphatic heterocycles. The van der Waals surface area contributed by atoms with Gasteiger partial charge in [0.05, 0.1) is 11.0 Å². The van der Waals surface area contributed by atoms with Gasteiger partial charge in [-0.2, -0.15) is 4.98 Å². The number of imidazole rings is 1. The molecule has 0 amide bonds. The minimum atomic E-state index is -0.273. The minimum absolute atomic E-state index is 0.158. The van der Waals surface area contributed by atoms with Crippen molar-refractivity contribution in [3.8, 4) is 6.01 Å². The predicted molar refractivity (Wildman–Crippen MR) is 58.0 cm³/mol. The molecule has 84 valence electrons. The number of benzene rings is 1. The van der Waals surface area contributed by atoms with Gasteiger partial charge in [0.15, 0.2) is 0 Å². The Morgan fingerprint density at radius 1 is 1.44 bits per heavy atom. The van der Waals surface area contributed by atoms with E-state index in [1.54, 1.807) is 6.07 Å². The molecule has 0 radical (unpaired) electrons. The molecule has 2 N–H and O–H groups in total. The molecule has 16 heavy (non-hydrogen) atoms. The predicted octanol–water partition coefficient (Wildman–Crippen LogP) is 1.44. The zero-order valence-electron chi connectivity index (χ0n) is 8.66. The summed E-state index contributed by atoms with van der Waals surface area (Å²) >= 11 is 0. The summed E-state index contributed by atoms with van der Waals surface area (Å²) in [6.07, 6.45) is 1.14. The van der Waals surface area contributed by atoms with Crippen LogP contribution in [-0.4, -0.2) is 29.2 Å². The number of rotatable bonds is 2. The summed E-state index contributed by atoms with van der Waals surface area (Å²) in [5, 5.41) is 3.21. The van der Waals surface area contributed by atoms with E-state index in [1.165, 1.54) is 12.1 Å². The second-order valence-electron chi connectivity index (χ2n) is 3.94. The van der Waals surface area contributed by atoms with Crippen molar-refractivity contribution in [1.82, 2.24) is 15.3 Å². The Balaban J connectivity index is 1.86. The van der Waals surface area contributed by atoms with Gasteiger partial charge in [0.2, 0.25) is 0 Å². The van der Waals surface area contributed by atoms with E-state index in [2.05, 4.69) is 15.3 Å². The van der Waals surface area contributed by atoms with Gasteiger partial charge in [0.1, 0.15) is 11.9 Å². The SMILES string of the molecule is Fc1ccc2nc(OC3CCNC3)[nH]c2c1. The number of aromatic nitrogens is 2. The topological polar surface area (TPSA) is 49.9 Å². The molecule has 4 nitrogen and oxygen atoms in total. The molecular weight excluding hydrogens is 209 g/mol. The van der Waals surface area contributed by atoms with Crippen LogP contribution < -0.4 is 10.1 Å². The van der Waals surface area contributed by atoms with Crippen molar-refractivity contribution in [3.63, 3.8) is 0 Å². The fourth-order valence-electron chi connectivity index (χ4n) is 1.90. The van der Waals surface area contributed by atoms with Crippen LogP contribution in [0.5, 0.6) is 6.01 Å². The number of fused-ring (bicyclic) bond motifs is 1. The fraction of sp³-hybridized carbons (Fsp3) is 0.364. The second-order valence-corrected chi connectivity index (χ2v) is 3.94. The molecule has 2 aromatic rings. The van der Waals surface area contributed by atoms with E-state index in [1.807, 2.05) is 0 Å². The number of nitrogens with zero attached hydrogens (tertiary/aromatic N) is 1. The molecule has 3 rings (SSSR count). The first kappa shape index (κ1) is 9.59.